The van der Waals surface area contributed by atoms with Gasteiger partial charge in [-0.25, -0.2) is 10.1 Å². The molecule has 1 saturated heterocycles. The molecule has 1 fully saturated rings. The smallest absolute Gasteiger partial charge is 0.269 e. The van der Waals surface area contributed by atoms with Gasteiger partial charge in [0.05, 0.1) is 37.1 Å². The highest BCUT2D eigenvalue weighted by Gasteiger charge is 2.21. The van der Waals surface area contributed by atoms with Gasteiger partial charge in [-0.15, -0.1) is 0 Å². The summed E-state index contributed by atoms with van der Waals surface area (Å²) >= 11 is 0. The number of H-pyrrole nitrogens is 1. The lowest BCUT2D eigenvalue weighted by Gasteiger charge is -2.35. The maximum atomic E-state index is 12.4. The van der Waals surface area contributed by atoms with Crippen LogP contribution in [0.3, 0.4) is 0 Å². The summed E-state index contributed by atoms with van der Waals surface area (Å²) in [6.45, 7) is 5.85. The van der Waals surface area contributed by atoms with Crippen molar-refractivity contribution >= 4 is 17.4 Å². The first kappa shape index (κ1) is 22.2. The van der Waals surface area contributed by atoms with Gasteiger partial charge in [0.15, 0.2) is 0 Å². The molecule has 0 bridgehead atoms. The molecule has 0 unspecified atom stereocenters. The fourth-order valence-electron chi connectivity index (χ4n) is 3.40. The first-order valence-electron chi connectivity index (χ1n) is 10.2. The lowest BCUT2D eigenvalue weighted by atomic mass is 10.2. The van der Waals surface area contributed by atoms with Crippen LogP contribution in [0.25, 0.3) is 0 Å². The molecule has 0 aromatic carbocycles. The molecule has 1 aliphatic rings. The number of ether oxygens (including phenoxy) is 1. The van der Waals surface area contributed by atoms with Crippen LogP contribution >= 0.6 is 0 Å². The predicted molar refractivity (Wildman–Crippen MR) is 116 cm³/mol. The first-order valence-corrected chi connectivity index (χ1v) is 10.2. The van der Waals surface area contributed by atoms with E-state index < -0.39 is 0 Å². The molecule has 3 rings (SSSR count). The molecule has 164 valence electrons. The van der Waals surface area contributed by atoms with Crippen LogP contribution in [-0.4, -0.2) is 79.0 Å². The second kappa shape index (κ2) is 10.5. The number of aromatic amines is 1. The summed E-state index contributed by atoms with van der Waals surface area (Å²) < 4.78 is 5.63. The van der Waals surface area contributed by atoms with Crippen LogP contribution in [-0.2, 0) is 9.53 Å². The summed E-state index contributed by atoms with van der Waals surface area (Å²) in [6, 6.07) is 5.65. The number of rotatable bonds is 8. The molecule has 10 heteroatoms. The number of hydrogen-bond donors (Lipinski definition) is 1. The molecule has 0 aliphatic carbocycles. The molecule has 1 aliphatic heterocycles. The van der Waals surface area contributed by atoms with Crippen molar-refractivity contribution in [1.82, 2.24) is 20.1 Å². The van der Waals surface area contributed by atoms with Crippen LogP contribution in [0.5, 0.6) is 0 Å². The number of pyridine rings is 1. The van der Waals surface area contributed by atoms with E-state index in [1.165, 1.54) is 0 Å². The Balaban J connectivity index is 1.34. The Bertz CT molecular complexity index is 976. The summed E-state index contributed by atoms with van der Waals surface area (Å²) in [7, 11) is 1.88. The van der Waals surface area contributed by atoms with E-state index in [1.54, 1.807) is 25.4 Å². The molecule has 2 aromatic heterocycles. The minimum atomic E-state index is -0.203. The largest absolute Gasteiger partial charge is 0.379 e. The Kier molecular flexibility index (Phi) is 7.56. The molecule has 0 spiro atoms. The molecule has 2 aromatic rings. The van der Waals surface area contributed by atoms with Gasteiger partial charge in [0.2, 0.25) is 5.91 Å². The number of piperazine rings is 1. The summed E-state index contributed by atoms with van der Waals surface area (Å²) in [5.74, 6) is 0.903. The molecular formula is C21H27N7O3. The number of nitriles is 1. The van der Waals surface area contributed by atoms with Gasteiger partial charge >= 0.3 is 0 Å². The summed E-state index contributed by atoms with van der Waals surface area (Å²) in [6.07, 6.45) is 3.52. The van der Waals surface area contributed by atoms with E-state index in [1.807, 2.05) is 22.9 Å². The summed E-state index contributed by atoms with van der Waals surface area (Å²) in [5.41, 5.74) is 1.71. The van der Waals surface area contributed by atoms with Crippen molar-refractivity contribution in [1.29, 1.82) is 5.26 Å². The van der Waals surface area contributed by atoms with Crippen LogP contribution < -0.4 is 15.4 Å². The number of anilines is 2. The maximum absolute atomic E-state index is 12.4. The zero-order valence-electron chi connectivity index (χ0n) is 17.9. The number of nitrogens with one attached hydrogen (secondary N) is 1. The molecule has 3 heterocycles. The van der Waals surface area contributed by atoms with Crippen molar-refractivity contribution in [2.75, 3.05) is 62.8 Å². The SMILES string of the molecule is Cc1c(N(C)CCOCCC(=O)N2CCN(c3ccc(C#N)cn3)CC2)cn[nH]c1=O. The van der Waals surface area contributed by atoms with E-state index in [9.17, 15) is 9.59 Å². The quantitative estimate of drug-likeness (QED) is 0.609. The van der Waals surface area contributed by atoms with Gasteiger partial charge in [-0.3, -0.25) is 9.59 Å². The molecule has 1 N–H and O–H groups in total. The van der Waals surface area contributed by atoms with E-state index >= 15 is 0 Å². The zero-order valence-corrected chi connectivity index (χ0v) is 17.9. The Hall–Kier alpha value is -3.45. The third-order valence-electron chi connectivity index (χ3n) is 5.35. The molecule has 0 radical (unpaired) electrons. The highest BCUT2D eigenvalue weighted by molar-refractivity contribution is 5.76. The van der Waals surface area contributed by atoms with E-state index in [4.69, 9.17) is 10.00 Å². The average Bonchev–Trinajstić information content (AvgIpc) is 2.80. The number of likely N-dealkylation sites (N-methyl/N-ethyl adjacent to an activating group) is 1. The van der Waals surface area contributed by atoms with Crippen LogP contribution in [0, 0.1) is 18.3 Å². The number of carbonyl (C=O) groups is 1. The highest BCUT2D eigenvalue weighted by atomic mass is 16.5. The van der Waals surface area contributed by atoms with Crippen LogP contribution in [0.1, 0.15) is 17.5 Å². The van der Waals surface area contributed by atoms with Crippen LogP contribution in [0.2, 0.25) is 0 Å². The Morgan fingerprint density at radius 2 is 2.03 bits per heavy atom. The molecule has 1 amide bonds. The summed E-state index contributed by atoms with van der Waals surface area (Å²) in [4.78, 5) is 34.3. The predicted octanol–water partition coefficient (Wildman–Crippen LogP) is 0.537. The van der Waals surface area contributed by atoms with Gasteiger partial charge in [-0.1, -0.05) is 0 Å². The van der Waals surface area contributed by atoms with Crippen molar-refractivity contribution in [2.24, 2.45) is 0 Å². The second-order valence-electron chi connectivity index (χ2n) is 7.38. The lowest BCUT2D eigenvalue weighted by molar-refractivity contribution is -0.132. The minimum absolute atomic E-state index is 0.0791. The van der Waals surface area contributed by atoms with Gasteiger partial charge in [0, 0.05) is 51.5 Å². The third kappa shape index (κ3) is 5.79. The topological polar surface area (TPSA) is 118 Å². The van der Waals surface area contributed by atoms with Gasteiger partial charge in [-0.05, 0) is 19.1 Å². The van der Waals surface area contributed by atoms with E-state index in [2.05, 4.69) is 26.2 Å². The van der Waals surface area contributed by atoms with Crippen LogP contribution in [0.15, 0.2) is 29.3 Å². The van der Waals surface area contributed by atoms with Crippen molar-refractivity contribution in [3.63, 3.8) is 0 Å². The monoisotopic (exact) mass is 425 g/mol. The van der Waals surface area contributed by atoms with Crippen molar-refractivity contribution < 1.29 is 9.53 Å². The molecule has 0 atom stereocenters. The highest BCUT2D eigenvalue weighted by Crippen LogP contribution is 2.15. The standard InChI is InChI=1S/C21H27N7O3/c1-16-18(15-24-25-21(16)30)26(2)10-12-31-11-5-20(29)28-8-6-27(7-9-28)19-4-3-17(13-22)14-23-19/h3-4,14-15H,5-12H2,1-2H3,(H,25,30). The number of aromatic nitrogens is 3. The number of carbonyl (C=O) groups excluding carboxylic acids is 1. The van der Waals surface area contributed by atoms with E-state index in [-0.39, 0.29) is 11.5 Å². The number of nitrogens with zero attached hydrogens (tertiary/aromatic N) is 6. The normalized spacial score (nSPS) is 13.7. The fourth-order valence-corrected chi connectivity index (χ4v) is 3.40. The average molecular weight is 425 g/mol. The van der Waals surface area contributed by atoms with Crippen molar-refractivity contribution in [2.45, 2.75) is 13.3 Å². The molecule has 31 heavy (non-hydrogen) atoms. The minimum Gasteiger partial charge on any atom is -0.379 e. The maximum Gasteiger partial charge on any atom is 0.269 e. The van der Waals surface area contributed by atoms with Crippen molar-refractivity contribution in [3.05, 3.63) is 46.0 Å². The second-order valence-corrected chi connectivity index (χ2v) is 7.38. The van der Waals surface area contributed by atoms with Gasteiger partial charge in [-0.2, -0.15) is 10.4 Å². The van der Waals surface area contributed by atoms with Gasteiger partial charge in [0.25, 0.3) is 5.56 Å². The van der Waals surface area contributed by atoms with Crippen LogP contribution in [0.4, 0.5) is 11.5 Å². The molecular weight excluding hydrogens is 398 g/mol. The molecule has 0 saturated carbocycles. The van der Waals surface area contributed by atoms with Crippen molar-refractivity contribution in [3.8, 4) is 6.07 Å². The molecule has 10 nitrogen and oxygen atoms in total. The zero-order chi connectivity index (χ0) is 22.2. The lowest BCUT2D eigenvalue weighted by Crippen LogP contribution is -2.49. The Labute approximate surface area is 181 Å². The Morgan fingerprint density at radius 1 is 1.26 bits per heavy atom. The van der Waals surface area contributed by atoms with E-state index in [0.717, 1.165) is 11.5 Å². The third-order valence-corrected chi connectivity index (χ3v) is 5.35. The summed E-state index contributed by atoms with van der Waals surface area (Å²) in [5, 5.41) is 15.1. The number of amides is 1. The first-order chi connectivity index (χ1) is 15.0. The van der Waals surface area contributed by atoms with Gasteiger partial charge in [0.1, 0.15) is 11.9 Å². The van der Waals surface area contributed by atoms with E-state index in [0.29, 0.717) is 63.5 Å². The Morgan fingerprint density at radius 3 is 2.71 bits per heavy atom. The number of hydrogen-bond acceptors (Lipinski definition) is 8. The van der Waals surface area contributed by atoms with Gasteiger partial charge < -0.3 is 19.4 Å². The fraction of sp³-hybridized carbons (Fsp3) is 0.476.